The molecule has 0 N–H and O–H groups in total. The monoisotopic (exact) mass is 642 g/mol. The standard InChI is InChI=1S/C31H20BrFN4O6/c1-41-27-13-19(12-25(37(39)40)29(27)42-17-18-6-9-22(33)10-7-18)16-34-36-30(35-24-5-3-2-4-23(24)31(36)38)28-15-20-14-21(32)8-11-26(20)43-28/h2-16H,17H2,1H3. The predicted molar refractivity (Wildman–Crippen MR) is 162 cm³/mol. The van der Waals surface area contributed by atoms with Gasteiger partial charge in [0.1, 0.15) is 18.0 Å². The Kier molecular flexibility index (Phi) is 7.43. The topological polar surface area (TPSA) is 122 Å². The first kappa shape index (κ1) is 27.8. The first-order chi connectivity index (χ1) is 20.8. The maximum absolute atomic E-state index is 13.6. The molecule has 0 radical (unpaired) electrons. The minimum Gasteiger partial charge on any atom is -0.493 e. The molecule has 214 valence electrons. The zero-order chi connectivity index (χ0) is 30.1. The Labute approximate surface area is 250 Å². The number of rotatable bonds is 8. The Morgan fingerprint density at radius 2 is 1.88 bits per heavy atom. The summed E-state index contributed by atoms with van der Waals surface area (Å²) in [4.78, 5) is 29.7. The summed E-state index contributed by atoms with van der Waals surface area (Å²) in [6.45, 7) is -0.0551. The number of fused-ring (bicyclic) bond motifs is 2. The summed E-state index contributed by atoms with van der Waals surface area (Å²) in [5, 5.41) is 17.5. The highest BCUT2D eigenvalue weighted by atomic mass is 79.9. The van der Waals surface area contributed by atoms with Crippen LogP contribution in [0.2, 0.25) is 0 Å². The fourth-order valence-corrected chi connectivity index (χ4v) is 4.87. The molecule has 0 unspecified atom stereocenters. The van der Waals surface area contributed by atoms with Crippen molar-refractivity contribution in [1.29, 1.82) is 0 Å². The third-order valence-corrected chi connectivity index (χ3v) is 7.04. The van der Waals surface area contributed by atoms with Gasteiger partial charge in [-0.05, 0) is 60.2 Å². The van der Waals surface area contributed by atoms with Gasteiger partial charge in [-0.25, -0.2) is 9.37 Å². The van der Waals surface area contributed by atoms with Gasteiger partial charge in [0.25, 0.3) is 5.56 Å². The van der Waals surface area contributed by atoms with Crippen LogP contribution in [0.3, 0.4) is 0 Å². The van der Waals surface area contributed by atoms with Gasteiger partial charge < -0.3 is 13.9 Å². The van der Waals surface area contributed by atoms with Crippen LogP contribution >= 0.6 is 15.9 Å². The molecule has 0 fully saturated rings. The van der Waals surface area contributed by atoms with Crippen LogP contribution in [0.15, 0.2) is 104 Å². The Balaban J connectivity index is 1.43. The highest BCUT2D eigenvalue weighted by Crippen LogP contribution is 2.38. The quantitative estimate of drug-likeness (QED) is 0.0986. The van der Waals surface area contributed by atoms with E-state index < -0.39 is 16.3 Å². The van der Waals surface area contributed by atoms with Crippen molar-refractivity contribution in [1.82, 2.24) is 9.66 Å². The molecule has 0 aliphatic rings. The molecule has 0 amide bonds. The lowest BCUT2D eigenvalue weighted by Gasteiger charge is -2.12. The van der Waals surface area contributed by atoms with Gasteiger partial charge >= 0.3 is 5.69 Å². The number of aromatic nitrogens is 2. The molecule has 12 heteroatoms. The number of nitrogens with zero attached hydrogens (tertiary/aromatic N) is 4. The molecule has 0 aliphatic carbocycles. The van der Waals surface area contributed by atoms with E-state index in [2.05, 4.69) is 26.0 Å². The molecule has 0 bridgehead atoms. The van der Waals surface area contributed by atoms with Crippen LogP contribution < -0.4 is 15.0 Å². The van der Waals surface area contributed by atoms with E-state index in [1.165, 1.54) is 49.7 Å². The third kappa shape index (κ3) is 5.60. The van der Waals surface area contributed by atoms with Crippen molar-refractivity contribution < 1.29 is 23.2 Å². The van der Waals surface area contributed by atoms with Crippen LogP contribution in [0.1, 0.15) is 11.1 Å². The molecule has 6 aromatic rings. The number of methoxy groups -OCH3 is 1. The number of nitro benzene ring substituents is 1. The summed E-state index contributed by atoms with van der Waals surface area (Å²) >= 11 is 3.45. The van der Waals surface area contributed by atoms with E-state index >= 15 is 0 Å². The van der Waals surface area contributed by atoms with E-state index in [1.54, 1.807) is 36.4 Å². The van der Waals surface area contributed by atoms with Gasteiger partial charge in [0.15, 0.2) is 11.5 Å². The van der Waals surface area contributed by atoms with Crippen LogP contribution in [-0.4, -0.2) is 27.9 Å². The van der Waals surface area contributed by atoms with Gasteiger partial charge in [0.2, 0.25) is 11.6 Å². The third-order valence-electron chi connectivity index (χ3n) is 6.55. The lowest BCUT2D eigenvalue weighted by atomic mass is 10.1. The van der Waals surface area contributed by atoms with E-state index in [0.717, 1.165) is 14.5 Å². The number of benzene rings is 4. The average molecular weight is 643 g/mol. The summed E-state index contributed by atoms with van der Waals surface area (Å²) < 4.78 is 32.4. The largest absolute Gasteiger partial charge is 0.493 e. The highest BCUT2D eigenvalue weighted by molar-refractivity contribution is 9.10. The SMILES string of the molecule is COc1cc(C=Nn2c(-c3cc4cc(Br)ccc4o3)nc3ccccc3c2=O)cc([N+](=O)[O-])c1OCc1ccc(F)cc1. The van der Waals surface area contributed by atoms with Crippen molar-refractivity contribution in [2.75, 3.05) is 7.11 Å². The molecule has 0 spiro atoms. The first-order valence-corrected chi connectivity index (χ1v) is 13.6. The number of furan rings is 1. The normalized spacial score (nSPS) is 11.4. The zero-order valence-corrected chi connectivity index (χ0v) is 23.9. The van der Waals surface area contributed by atoms with Crippen molar-refractivity contribution in [2.45, 2.75) is 6.61 Å². The second-order valence-corrected chi connectivity index (χ2v) is 10.3. The van der Waals surface area contributed by atoms with Gasteiger partial charge in [0, 0.05) is 21.5 Å². The number of nitro groups is 1. The number of hydrogen-bond donors (Lipinski definition) is 0. The Morgan fingerprint density at radius 3 is 2.65 bits per heavy atom. The molecular weight excluding hydrogens is 623 g/mol. The molecule has 6 rings (SSSR count). The first-order valence-electron chi connectivity index (χ1n) is 12.8. The number of ether oxygens (including phenoxy) is 2. The second-order valence-electron chi connectivity index (χ2n) is 9.35. The molecule has 2 heterocycles. The molecular formula is C31H20BrFN4O6. The number of para-hydroxylation sites is 1. The smallest absolute Gasteiger partial charge is 0.315 e. The molecule has 0 aliphatic heterocycles. The van der Waals surface area contributed by atoms with Crippen molar-refractivity contribution in [3.63, 3.8) is 0 Å². The predicted octanol–water partition coefficient (Wildman–Crippen LogP) is 7.09. The molecule has 4 aromatic carbocycles. The number of halogens is 2. The molecule has 0 saturated heterocycles. The van der Waals surface area contributed by atoms with Crippen LogP contribution in [0.25, 0.3) is 33.5 Å². The van der Waals surface area contributed by atoms with Crippen molar-refractivity contribution in [2.24, 2.45) is 5.10 Å². The molecule has 10 nitrogen and oxygen atoms in total. The van der Waals surface area contributed by atoms with Crippen LogP contribution in [0.5, 0.6) is 11.5 Å². The number of hydrogen-bond acceptors (Lipinski definition) is 8. The van der Waals surface area contributed by atoms with E-state index in [0.29, 0.717) is 27.8 Å². The van der Waals surface area contributed by atoms with Crippen LogP contribution in [0.4, 0.5) is 10.1 Å². The zero-order valence-electron chi connectivity index (χ0n) is 22.4. The van der Waals surface area contributed by atoms with E-state index in [4.69, 9.17) is 13.9 Å². The maximum atomic E-state index is 13.6. The minimum absolute atomic E-state index is 0.0551. The Hall–Kier alpha value is -5.36. The van der Waals surface area contributed by atoms with Gasteiger partial charge in [-0.2, -0.15) is 9.78 Å². The minimum atomic E-state index is -0.610. The van der Waals surface area contributed by atoms with Crippen molar-refractivity contribution in [3.05, 3.63) is 127 Å². The molecule has 0 saturated carbocycles. The fourth-order valence-electron chi connectivity index (χ4n) is 4.49. The fraction of sp³-hybridized carbons (Fsp3) is 0.0645. The summed E-state index contributed by atoms with van der Waals surface area (Å²) in [6, 6.07) is 22.4. The lowest BCUT2D eigenvalue weighted by molar-refractivity contribution is -0.386. The van der Waals surface area contributed by atoms with Gasteiger partial charge in [-0.15, -0.1) is 0 Å². The highest BCUT2D eigenvalue weighted by Gasteiger charge is 2.23. The Morgan fingerprint density at radius 1 is 1.09 bits per heavy atom. The molecule has 0 atom stereocenters. The van der Waals surface area contributed by atoms with Gasteiger partial charge in [-0.1, -0.05) is 40.2 Å². The van der Waals surface area contributed by atoms with Crippen LogP contribution in [0, 0.1) is 15.9 Å². The van der Waals surface area contributed by atoms with Crippen molar-refractivity contribution in [3.8, 4) is 23.1 Å². The average Bonchev–Trinajstić information content (AvgIpc) is 3.43. The summed E-state index contributed by atoms with van der Waals surface area (Å²) in [7, 11) is 1.35. The summed E-state index contributed by atoms with van der Waals surface area (Å²) in [5.74, 6) is 0.0138. The lowest BCUT2D eigenvalue weighted by Crippen LogP contribution is -2.20. The van der Waals surface area contributed by atoms with E-state index in [-0.39, 0.29) is 35.2 Å². The van der Waals surface area contributed by atoms with Crippen LogP contribution in [-0.2, 0) is 6.61 Å². The maximum Gasteiger partial charge on any atom is 0.315 e. The van der Waals surface area contributed by atoms with Gasteiger partial charge in [-0.3, -0.25) is 14.9 Å². The van der Waals surface area contributed by atoms with E-state index in [9.17, 15) is 19.3 Å². The summed E-state index contributed by atoms with van der Waals surface area (Å²) in [5.41, 5.74) is 1.08. The van der Waals surface area contributed by atoms with Gasteiger partial charge in [0.05, 0.1) is 29.2 Å². The molecule has 43 heavy (non-hydrogen) atoms. The second kappa shape index (κ2) is 11.5. The van der Waals surface area contributed by atoms with Crippen molar-refractivity contribution >= 4 is 49.7 Å². The molecule has 2 aromatic heterocycles. The Bertz CT molecular complexity index is 2110. The van der Waals surface area contributed by atoms with E-state index in [1.807, 2.05) is 12.1 Å². The summed E-state index contributed by atoms with van der Waals surface area (Å²) in [6.07, 6.45) is 1.29.